The number of fused-ring (bicyclic) bond motifs is 1. The van der Waals surface area contributed by atoms with Crippen molar-refractivity contribution >= 4 is 51.1 Å². The molecule has 1 aromatic heterocycles. The molecule has 4 rings (SSSR count). The fourth-order valence-electron chi connectivity index (χ4n) is 5.60. The van der Waals surface area contributed by atoms with Crippen LogP contribution in [0.3, 0.4) is 0 Å². The van der Waals surface area contributed by atoms with Gasteiger partial charge in [0.15, 0.2) is 0 Å². The van der Waals surface area contributed by atoms with Crippen molar-refractivity contribution in [2.45, 2.75) is 71.0 Å². The Balaban J connectivity index is 1.56. The standard InChI is InChI=1S/C35H46N6O6S/c1-22(2)18-28-33(44)39-29(19-24-9-12-26(47-5)13-10-24)35(46)40(4)23(3)32(43)36-15-7-17-41(16-6-8-31(42)38-28)34(45)25-11-14-27-30(20-25)48-21-37-27/h9-14,20-23,28-29H,6-8,15-19H2,1-5H3,(H,36,43)(H,38,42)(H,39,44)/t23-,28+,29-/m0/s1. The molecule has 2 aromatic carbocycles. The molecule has 0 radical (unpaired) electrons. The van der Waals surface area contributed by atoms with Gasteiger partial charge in [0, 0.05) is 45.1 Å². The second-order valence-corrected chi connectivity index (χ2v) is 13.4. The summed E-state index contributed by atoms with van der Waals surface area (Å²) >= 11 is 1.45. The zero-order chi connectivity index (χ0) is 34.8. The van der Waals surface area contributed by atoms with E-state index in [0.717, 1.165) is 15.8 Å². The number of amides is 5. The van der Waals surface area contributed by atoms with E-state index >= 15 is 0 Å². The second-order valence-electron chi connectivity index (χ2n) is 12.6. The summed E-state index contributed by atoms with van der Waals surface area (Å²) < 4.78 is 6.16. The zero-order valence-corrected chi connectivity index (χ0v) is 29.1. The SMILES string of the molecule is COc1ccc(C[C@@H]2NC(=O)[C@@H](CC(C)C)NC(=O)CCCN(C(=O)c3ccc4ncsc4c3)CCCNC(=O)[C@H](C)N(C)C2=O)cc1. The van der Waals surface area contributed by atoms with Crippen molar-refractivity contribution in [3.05, 3.63) is 59.1 Å². The highest BCUT2D eigenvalue weighted by Crippen LogP contribution is 2.21. The largest absolute Gasteiger partial charge is 0.497 e. The molecule has 0 aliphatic carbocycles. The third kappa shape index (κ3) is 9.75. The minimum absolute atomic E-state index is 0.0741. The molecule has 3 aromatic rings. The van der Waals surface area contributed by atoms with Crippen molar-refractivity contribution in [1.82, 2.24) is 30.7 Å². The van der Waals surface area contributed by atoms with Crippen molar-refractivity contribution in [2.75, 3.05) is 33.8 Å². The highest BCUT2D eigenvalue weighted by atomic mass is 32.1. The first kappa shape index (κ1) is 36.3. The average Bonchev–Trinajstić information content (AvgIpc) is 3.55. The molecule has 0 unspecified atom stereocenters. The van der Waals surface area contributed by atoms with Gasteiger partial charge >= 0.3 is 0 Å². The van der Waals surface area contributed by atoms with Crippen LogP contribution in [0.5, 0.6) is 5.75 Å². The van der Waals surface area contributed by atoms with Gasteiger partial charge in [0.05, 0.1) is 22.8 Å². The number of methoxy groups -OCH3 is 1. The lowest BCUT2D eigenvalue weighted by molar-refractivity contribution is -0.141. The second kappa shape index (κ2) is 17.0. The summed E-state index contributed by atoms with van der Waals surface area (Å²) in [7, 11) is 3.10. The van der Waals surface area contributed by atoms with E-state index in [1.807, 2.05) is 38.1 Å². The van der Waals surface area contributed by atoms with Gasteiger partial charge in [-0.1, -0.05) is 26.0 Å². The lowest BCUT2D eigenvalue weighted by atomic mass is 10.00. The first-order chi connectivity index (χ1) is 23.0. The Kier molecular flexibility index (Phi) is 12.9. The lowest BCUT2D eigenvalue weighted by Crippen LogP contribution is -2.57. The molecule has 13 heteroatoms. The number of hydrogen-bond acceptors (Lipinski definition) is 8. The molecule has 0 spiro atoms. The molecule has 258 valence electrons. The number of hydrogen-bond donors (Lipinski definition) is 3. The number of thiazole rings is 1. The highest BCUT2D eigenvalue weighted by Gasteiger charge is 2.32. The van der Waals surface area contributed by atoms with Crippen LogP contribution in [0.1, 0.15) is 62.4 Å². The van der Waals surface area contributed by atoms with Crippen LogP contribution in [0.2, 0.25) is 0 Å². The summed E-state index contributed by atoms with van der Waals surface area (Å²) in [5.74, 6) is -1.02. The number of carbonyl (C=O) groups excluding carboxylic acids is 5. The first-order valence-electron chi connectivity index (χ1n) is 16.4. The number of likely N-dealkylation sites (N-methyl/N-ethyl adjacent to an activating group) is 1. The molecule has 1 aliphatic rings. The van der Waals surface area contributed by atoms with Crippen molar-refractivity contribution in [3.63, 3.8) is 0 Å². The molecule has 1 fully saturated rings. The Labute approximate surface area is 285 Å². The predicted molar refractivity (Wildman–Crippen MR) is 185 cm³/mol. The summed E-state index contributed by atoms with van der Waals surface area (Å²) in [5.41, 5.74) is 3.86. The van der Waals surface area contributed by atoms with Crippen LogP contribution in [0, 0.1) is 5.92 Å². The minimum Gasteiger partial charge on any atom is -0.497 e. The normalized spacial score (nSPS) is 20.9. The molecule has 0 saturated carbocycles. The molecule has 48 heavy (non-hydrogen) atoms. The van der Waals surface area contributed by atoms with Gasteiger partial charge in [-0.05, 0) is 68.0 Å². The van der Waals surface area contributed by atoms with Crippen LogP contribution in [0.4, 0.5) is 0 Å². The van der Waals surface area contributed by atoms with E-state index in [-0.39, 0.29) is 43.0 Å². The topological polar surface area (TPSA) is 150 Å². The Morgan fingerprint density at radius 2 is 1.73 bits per heavy atom. The van der Waals surface area contributed by atoms with Gasteiger partial charge < -0.3 is 30.5 Å². The van der Waals surface area contributed by atoms with Crippen molar-refractivity contribution in [1.29, 1.82) is 0 Å². The van der Waals surface area contributed by atoms with Gasteiger partial charge in [-0.15, -0.1) is 11.3 Å². The van der Waals surface area contributed by atoms with Crippen LogP contribution < -0.4 is 20.7 Å². The van der Waals surface area contributed by atoms with Gasteiger partial charge in [-0.2, -0.15) is 0 Å². The van der Waals surface area contributed by atoms with E-state index < -0.39 is 29.9 Å². The average molecular weight is 679 g/mol. The number of nitrogens with one attached hydrogen (secondary N) is 3. The smallest absolute Gasteiger partial charge is 0.253 e. The molecule has 3 atom stereocenters. The summed E-state index contributed by atoms with van der Waals surface area (Å²) in [6.45, 7) is 6.49. The molecular formula is C35H46N6O6S. The molecule has 1 saturated heterocycles. The van der Waals surface area contributed by atoms with Gasteiger partial charge in [0.25, 0.3) is 5.91 Å². The molecular weight excluding hydrogens is 632 g/mol. The molecule has 3 N–H and O–H groups in total. The Hall–Kier alpha value is -4.52. The minimum atomic E-state index is -0.986. The summed E-state index contributed by atoms with van der Waals surface area (Å²) in [5, 5.41) is 8.63. The van der Waals surface area contributed by atoms with Gasteiger partial charge in [0.1, 0.15) is 23.9 Å². The van der Waals surface area contributed by atoms with Gasteiger partial charge in [-0.3, -0.25) is 24.0 Å². The fourth-order valence-corrected chi connectivity index (χ4v) is 6.31. The van der Waals surface area contributed by atoms with E-state index in [4.69, 9.17) is 4.74 Å². The highest BCUT2D eigenvalue weighted by molar-refractivity contribution is 7.16. The number of benzene rings is 2. The molecule has 5 amide bonds. The number of nitrogens with zero attached hydrogens (tertiary/aromatic N) is 3. The first-order valence-corrected chi connectivity index (χ1v) is 17.2. The maximum Gasteiger partial charge on any atom is 0.253 e. The predicted octanol–water partition coefficient (Wildman–Crippen LogP) is 3.15. The van der Waals surface area contributed by atoms with Crippen LogP contribution >= 0.6 is 11.3 Å². The molecule has 2 heterocycles. The van der Waals surface area contributed by atoms with Crippen LogP contribution in [-0.2, 0) is 25.6 Å². The van der Waals surface area contributed by atoms with Crippen molar-refractivity contribution in [3.8, 4) is 5.75 Å². The Bertz CT molecular complexity index is 1590. The van der Waals surface area contributed by atoms with Gasteiger partial charge in [0.2, 0.25) is 23.6 Å². The maximum atomic E-state index is 13.8. The van der Waals surface area contributed by atoms with E-state index in [0.29, 0.717) is 43.7 Å². The number of carbonyl (C=O) groups is 5. The number of rotatable bonds is 6. The maximum absolute atomic E-state index is 13.8. The lowest BCUT2D eigenvalue weighted by Gasteiger charge is -2.30. The van der Waals surface area contributed by atoms with Gasteiger partial charge in [-0.25, -0.2) is 4.98 Å². The molecule has 12 nitrogen and oxygen atoms in total. The van der Waals surface area contributed by atoms with E-state index in [2.05, 4.69) is 20.9 Å². The molecule has 1 aliphatic heterocycles. The summed E-state index contributed by atoms with van der Waals surface area (Å²) in [6.07, 6.45) is 1.49. The molecule has 0 bridgehead atoms. The fraction of sp³-hybridized carbons (Fsp3) is 0.486. The number of aromatic nitrogens is 1. The zero-order valence-electron chi connectivity index (χ0n) is 28.3. The van der Waals surface area contributed by atoms with Crippen LogP contribution in [0.25, 0.3) is 10.2 Å². The third-order valence-corrected chi connectivity index (χ3v) is 9.27. The van der Waals surface area contributed by atoms with E-state index in [9.17, 15) is 24.0 Å². The van der Waals surface area contributed by atoms with E-state index in [1.165, 1.54) is 23.3 Å². The Morgan fingerprint density at radius 3 is 2.44 bits per heavy atom. The third-order valence-electron chi connectivity index (χ3n) is 8.48. The van der Waals surface area contributed by atoms with E-state index in [1.54, 1.807) is 42.6 Å². The quantitative estimate of drug-likeness (QED) is 0.363. The summed E-state index contributed by atoms with van der Waals surface area (Å²) in [4.78, 5) is 74.8. The monoisotopic (exact) mass is 678 g/mol. The van der Waals surface area contributed by atoms with Crippen molar-refractivity contribution in [2.24, 2.45) is 5.92 Å². The van der Waals surface area contributed by atoms with Crippen molar-refractivity contribution < 1.29 is 28.7 Å². The number of ether oxygens (including phenoxy) is 1. The van der Waals surface area contributed by atoms with Crippen LogP contribution in [-0.4, -0.2) is 96.2 Å². The Morgan fingerprint density at radius 1 is 1.00 bits per heavy atom. The summed E-state index contributed by atoms with van der Waals surface area (Å²) in [6, 6.07) is 9.88. The van der Waals surface area contributed by atoms with Crippen LogP contribution in [0.15, 0.2) is 48.0 Å².